The molecule has 5 atom stereocenters. The number of esters is 4. The van der Waals surface area contributed by atoms with Gasteiger partial charge in [0.15, 0.2) is 12.2 Å². The van der Waals surface area contributed by atoms with Crippen molar-refractivity contribution < 1.29 is 80.2 Å². The van der Waals surface area contributed by atoms with Gasteiger partial charge in [0, 0.05) is 25.7 Å². The first-order chi connectivity index (χ1) is 46.9. The minimum atomic E-state index is -4.96. The maximum absolute atomic E-state index is 13.1. The molecule has 2 unspecified atom stereocenters. The first-order valence-corrected chi connectivity index (χ1v) is 43.5. The average Bonchev–Trinajstić information content (AvgIpc) is 1.08. The molecule has 0 spiro atoms. The molecule has 0 aliphatic rings. The Morgan fingerprint density at radius 1 is 0.278 bits per heavy atom. The Morgan fingerprint density at radius 2 is 0.474 bits per heavy atom. The largest absolute Gasteiger partial charge is 0.472 e. The minimum absolute atomic E-state index is 0.107. The summed E-state index contributed by atoms with van der Waals surface area (Å²) in [7, 11) is -9.91. The zero-order valence-electron chi connectivity index (χ0n) is 63.4. The van der Waals surface area contributed by atoms with E-state index in [1.54, 1.807) is 0 Å². The molecule has 0 bridgehead atoms. The Hall–Kier alpha value is -1.94. The Labute approximate surface area is 594 Å². The van der Waals surface area contributed by atoms with Crippen molar-refractivity contribution in [1.82, 2.24) is 0 Å². The fraction of sp³-hybridized carbons (Fsp3) is 0.949. The number of aliphatic hydroxyl groups excluding tert-OH is 1. The Balaban J connectivity index is 5.20. The number of rotatable bonds is 77. The van der Waals surface area contributed by atoms with E-state index in [2.05, 4.69) is 41.5 Å². The van der Waals surface area contributed by atoms with Gasteiger partial charge in [-0.3, -0.25) is 37.3 Å². The molecule has 0 fully saturated rings. The van der Waals surface area contributed by atoms with Crippen molar-refractivity contribution in [3.63, 3.8) is 0 Å². The SMILES string of the molecule is CCCCCCCCCCCCCCCCC(=O)OC[C@H](COP(=O)(O)OC[C@@H](O)COP(=O)(O)OC[C@@H](COC(=O)CCCCCCCCC(C)C)OC(=O)CCCCCCCCCCCCCCC)OC(=O)CCCCCCCCCCCCCCCCCCCCC(C)C. The molecule has 0 aliphatic carbocycles. The van der Waals surface area contributed by atoms with Crippen LogP contribution >= 0.6 is 15.6 Å². The van der Waals surface area contributed by atoms with Crippen LogP contribution in [0.15, 0.2) is 0 Å². The summed E-state index contributed by atoms with van der Waals surface area (Å²) in [6.07, 6.45) is 58.4. The van der Waals surface area contributed by atoms with E-state index in [0.717, 1.165) is 102 Å². The van der Waals surface area contributed by atoms with E-state index in [-0.39, 0.29) is 25.7 Å². The van der Waals surface area contributed by atoms with Gasteiger partial charge in [-0.2, -0.15) is 0 Å². The van der Waals surface area contributed by atoms with E-state index in [1.165, 1.54) is 218 Å². The lowest BCUT2D eigenvalue weighted by Crippen LogP contribution is -2.30. The summed E-state index contributed by atoms with van der Waals surface area (Å²) in [5.41, 5.74) is 0. The van der Waals surface area contributed by atoms with Crippen molar-refractivity contribution in [2.24, 2.45) is 11.8 Å². The second kappa shape index (κ2) is 69.8. The second-order valence-electron chi connectivity index (χ2n) is 29.1. The molecule has 0 rings (SSSR count). The summed E-state index contributed by atoms with van der Waals surface area (Å²) in [4.78, 5) is 72.8. The van der Waals surface area contributed by atoms with Crippen molar-refractivity contribution in [1.29, 1.82) is 0 Å². The fourth-order valence-electron chi connectivity index (χ4n) is 12.0. The molecule has 576 valence electrons. The number of phosphoric ester groups is 2. The summed E-state index contributed by atoms with van der Waals surface area (Å²) in [6, 6.07) is 0. The third kappa shape index (κ3) is 72.2. The van der Waals surface area contributed by atoms with Gasteiger partial charge in [0.2, 0.25) is 0 Å². The molecule has 3 N–H and O–H groups in total. The van der Waals surface area contributed by atoms with Gasteiger partial charge in [-0.05, 0) is 37.5 Å². The van der Waals surface area contributed by atoms with Crippen LogP contribution in [-0.4, -0.2) is 96.7 Å². The second-order valence-corrected chi connectivity index (χ2v) is 32.0. The monoisotopic (exact) mass is 1420 g/mol. The average molecular weight is 1420 g/mol. The quantitative estimate of drug-likeness (QED) is 0.0222. The predicted molar refractivity (Wildman–Crippen MR) is 395 cm³/mol. The molecule has 0 aliphatic heterocycles. The van der Waals surface area contributed by atoms with Gasteiger partial charge in [0.1, 0.15) is 19.3 Å². The molecule has 0 radical (unpaired) electrons. The van der Waals surface area contributed by atoms with Crippen LogP contribution in [0.2, 0.25) is 0 Å². The van der Waals surface area contributed by atoms with Crippen LogP contribution in [0.25, 0.3) is 0 Å². The summed E-state index contributed by atoms with van der Waals surface area (Å²) >= 11 is 0. The van der Waals surface area contributed by atoms with Gasteiger partial charge < -0.3 is 33.8 Å². The number of carbonyl (C=O) groups is 4. The van der Waals surface area contributed by atoms with E-state index in [4.69, 9.17) is 37.0 Å². The van der Waals surface area contributed by atoms with E-state index in [0.29, 0.717) is 31.6 Å². The predicted octanol–water partition coefficient (Wildman–Crippen LogP) is 23.1. The van der Waals surface area contributed by atoms with Gasteiger partial charge in [-0.1, -0.05) is 356 Å². The van der Waals surface area contributed by atoms with E-state index in [9.17, 15) is 43.2 Å². The lowest BCUT2D eigenvalue weighted by molar-refractivity contribution is -0.161. The number of ether oxygens (including phenoxy) is 4. The third-order valence-electron chi connectivity index (χ3n) is 18.2. The third-order valence-corrected chi connectivity index (χ3v) is 20.1. The van der Waals surface area contributed by atoms with Crippen molar-refractivity contribution >= 4 is 39.5 Å². The number of hydrogen-bond acceptors (Lipinski definition) is 15. The normalized spacial score (nSPS) is 14.0. The number of aliphatic hydroxyl groups is 1. The number of unbranched alkanes of at least 4 members (excludes halogenated alkanes) is 47. The maximum Gasteiger partial charge on any atom is 0.472 e. The first-order valence-electron chi connectivity index (χ1n) is 40.5. The molecule has 17 nitrogen and oxygen atoms in total. The summed E-state index contributed by atoms with van der Waals surface area (Å²) < 4.78 is 68.5. The Bertz CT molecular complexity index is 1870. The van der Waals surface area contributed by atoms with Gasteiger partial charge in [0.25, 0.3) is 0 Å². The van der Waals surface area contributed by atoms with Crippen molar-refractivity contribution in [2.75, 3.05) is 39.6 Å². The van der Waals surface area contributed by atoms with Gasteiger partial charge >= 0.3 is 39.5 Å². The van der Waals surface area contributed by atoms with Crippen molar-refractivity contribution in [3.8, 4) is 0 Å². The highest BCUT2D eigenvalue weighted by atomic mass is 31.2. The Morgan fingerprint density at radius 3 is 0.701 bits per heavy atom. The van der Waals surface area contributed by atoms with Crippen molar-refractivity contribution in [2.45, 2.75) is 426 Å². The number of phosphoric acid groups is 2. The van der Waals surface area contributed by atoms with Crippen LogP contribution in [-0.2, 0) is 65.4 Å². The molecule has 0 saturated heterocycles. The van der Waals surface area contributed by atoms with Crippen LogP contribution in [0.5, 0.6) is 0 Å². The van der Waals surface area contributed by atoms with Crippen molar-refractivity contribution in [3.05, 3.63) is 0 Å². The highest BCUT2D eigenvalue weighted by Crippen LogP contribution is 2.45. The van der Waals surface area contributed by atoms with E-state index < -0.39 is 97.5 Å². The molecule has 19 heteroatoms. The smallest absolute Gasteiger partial charge is 0.462 e. The maximum atomic E-state index is 13.1. The first kappa shape index (κ1) is 95.1. The van der Waals surface area contributed by atoms with Gasteiger partial charge in [0.05, 0.1) is 26.4 Å². The standard InChI is InChI=1S/C78H152O17P2/c1-7-9-11-13-15-17-19-21-30-33-37-41-48-54-60-75(80)88-66-73(94-77(82)63-57-51-43-39-35-31-27-25-23-22-24-26-29-32-36-40-46-52-58-70(3)4)68-92-96(84,85)90-64-72(79)65-91-97(86,87)93-69-74(67-89-76(81)61-55-49-45-44-47-53-59-71(5)6)95-78(83)62-56-50-42-38-34-28-20-18-16-14-12-10-8-2/h70-74,79H,7-69H2,1-6H3,(H,84,85)(H,86,87)/t72-,73-,74-/m1/s1. The molecular weight excluding hydrogens is 1270 g/mol. The summed E-state index contributed by atoms with van der Waals surface area (Å²) in [5.74, 6) is -0.613. The van der Waals surface area contributed by atoms with E-state index in [1.807, 2.05) is 0 Å². The molecule has 97 heavy (non-hydrogen) atoms. The molecule has 0 aromatic carbocycles. The van der Waals surface area contributed by atoms with Crippen LogP contribution in [0.1, 0.15) is 408 Å². The molecule has 0 heterocycles. The lowest BCUT2D eigenvalue weighted by atomic mass is 10.0. The van der Waals surface area contributed by atoms with Gasteiger partial charge in [-0.25, -0.2) is 9.13 Å². The lowest BCUT2D eigenvalue weighted by Gasteiger charge is -2.21. The zero-order valence-corrected chi connectivity index (χ0v) is 65.2. The molecule has 0 saturated carbocycles. The van der Waals surface area contributed by atoms with Crippen LogP contribution < -0.4 is 0 Å². The molecule has 0 aromatic rings. The van der Waals surface area contributed by atoms with Crippen LogP contribution in [0, 0.1) is 11.8 Å². The summed E-state index contributed by atoms with van der Waals surface area (Å²) in [5, 5.41) is 10.6. The summed E-state index contributed by atoms with van der Waals surface area (Å²) in [6.45, 7) is 9.57. The number of hydrogen-bond donors (Lipinski definition) is 3. The molecule has 0 amide bonds. The van der Waals surface area contributed by atoms with E-state index >= 15 is 0 Å². The molecule has 0 aromatic heterocycles. The topological polar surface area (TPSA) is 237 Å². The fourth-order valence-corrected chi connectivity index (χ4v) is 13.6. The Kier molecular flexibility index (Phi) is 68.4. The highest BCUT2D eigenvalue weighted by Gasteiger charge is 2.30. The zero-order chi connectivity index (χ0) is 71.4. The van der Waals surface area contributed by atoms with Gasteiger partial charge in [-0.15, -0.1) is 0 Å². The minimum Gasteiger partial charge on any atom is -0.462 e. The number of carbonyl (C=O) groups excluding carboxylic acids is 4. The van der Waals surface area contributed by atoms with Crippen LogP contribution in [0.4, 0.5) is 0 Å². The molecular formula is C78H152O17P2. The van der Waals surface area contributed by atoms with Crippen LogP contribution in [0.3, 0.4) is 0 Å². The highest BCUT2D eigenvalue weighted by molar-refractivity contribution is 7.47.